The zero-order valence-electron chi connectivity index (χ0n) is 25.0. The molecule has 0 bridgehead atoms. The second-order valence-corrected chi connectivity index (χ2v) is 13.0. The van der Waals surface area contributed by atoms with Crippen molar-refractivity contribution in [2.45, 2.75) is 58.4 Å². The van der Waals surface area contributed by atoms with Crippen molar-refractivity contribution in [3.63, 3.8) is 0 Å². The fraction of sp³-hybridized carbons (Fsp3) is 0.394. The molecule has 2 fully saturated rings. The van der Waals surface area contributed by atoms with E-state index in [0.29, 0.717) is 11.5 Å². The molecule has 5 N–H and O–H groups in total. The number of nitrogens with zero attached hydrogens (tertiary/aromatic N) is 1. The van der Waals surface area contributed by atoms with E-state index in [2.05, 4.69) is 80.6 Å². The minimum atomic E-state index is -0.0870. The Morgan fingerprint density at radius 1 is 0.707 bits per heavy atom. The molecule has 2 aliphatic heterocycles. The number of phenolic OH excluding ortho intramolecular Hbond substituents is 2. The number of aromatic hydroxyl groups is 2. The number of thiocarbonyl (C=S) groups is 2. The lowest BCUT2D eigenvalue weighted by Gasteiger charge is -2.31. The predicted molar refractivity (Wildman–Crippen MR) is 178 cm³/mol. The van der Waals surface area contributed by atoms with Crippen molar-refractivity contribution in [2.75, 3.05) is 26.2 Å². The molecule has 2 saturated heterocycles. The summed E-state index contributed by atoms with van der Waals surface area (Å²) in [6.07, 6.45) is 0. The number of nitrogens with one attached hydrogen (secondary N) is 3. The van der Waals surface area contributed by atoms with Crippen LogP contribution in [0, 0.1) is 0 Å². The fourth-order valence-corrected chi connectivity index (χ4v) is 5.01. The van der Waals surface area contributed by atoms with Gasteiger partial charge in [0.05, 0.1) is 6.04 Å². The molecule has 2 aliphatic rings. The molecule has 1 unspecified atom stereocenters. The summed E-state index contributed by atoms with van der Waals surface area (Å²) in [5, 5.41) is 30.2. The molecule has 2 heterocycles. The summed E-state index contributed by atoms with van der Waals surface area (Å²) in [6, 6.07) is 23.4. The SMILES string of the molecule is CC(C)(C)c1ccc(O)c(C(c2ccccc2)N2CCNC2=S)c1.CC(C)(C)c1ccc(O)cc1.S=C1NCCN1. The van der Waals surface area contributed by atoms with Gasteiger partial charge in [-0.25, -0.2) is 0 Å². The molecule has 3 aromatic carbocycles. The largest absolute Gasteiger partial charge is 0.508 e. The van der Waals surface area contributed by atoms with E-state index >= 15 is 0 Å². The van der Waals surface area contributed by atoms with Crippen LogP contribution in [0.2, 0.25) is 0 Å². The van der Waals surface area contributed by atoms with Gasteiger partial charge in [-0.2, -0.15) is 0 Å². The van der Waals surface area contributed by atoms with E-state index in [0.717, 1.165) is 47.5 Å². The van der Waals surface area contributed by atoms with Gasteiger partial charge in [-0.05, 0) is 76.2 Å². The Morgan fingerprint density at radius 3 is 1.73 bits per heavy atom. The first-order valence-corrected chi connectivity index (χ1v) is 14.8. The van der Waals surface area contributed by atoms with Gasteiger partial charge in [0, 0.05) is 31.7 Å². The molecule has 0 saturated carbocycles. The van der Waals surface area contributed by atoms with E-state index in [-0.39, 0.29) is 16.9 Å². The maximum Gasteiger partial charge on any atom is 0.169 e. The van der Waals surface area contributed by atoms with Crippen molar-refractivity contribution in [1.29, 1.82) is 0 Å². The lowest BCUT2D eigenvalue weighted by molar-refractivity contribution is 0.378. The molecule has 0 aromatic heterocycles. The van der Waals surface area contributed by atoms with Crippen LogP contribution >= 0.6 is 24.4 Å². The predicted octanol–water partition coefficient (Wildman–Crippen LogP) is 6.12. The third-order valence-electron chi connectivity index (χ3n) is 6.93. The Morgan fingerprint density at radius 2 is 1.27 bits per heavy atom. The van der Waals surface area contributed by atoms with Gasteiger partial charge >= 0.3 is 0 Å². The second kappa shape index (κ2) is 14.0. The summed E-state index contributed by atoms with van der Waals surface area (Å²) in [5.74, 6) is 0.643. The molecular weight excluding hydrogens is 549 g/mol. The first-order valence-electron chi connectivity index (χ1n) is 14.0. The van der Waals surface area contributed by atoms with Gasteiger partial charge in [0.1, 0.15) is 11.5 Å². The first kappa shape index (κ1) is 32.2. The Kier molecular flexibility index (Phi) is 11.0. The zero-order chi connectivity index (χ0) is 30.2. The van der Waals surface area contributed by atoms with Crippen molar-refractivity contribution in [3.8, 4) is 11.5 Å². The van der Waals surface area contributed by atoms with Gasteiger partial charge < -0.3 is 31.1 Å². The minimum Gasteiger partial charge on any atom is -0.508 e. The van der Waals surface area contributed by atoms with Crippen LogP contribution in [0.4, 0.5) is 0 Å². The highest BCUT2D eigenvalue weighted by atomic mass is 32.1. The molecule has 220 valence electrons. The third kappa shape index (κ3) is 9.33. The maximum absolute atomic E-state index is 10.6. The lowest BCUT2D eigenvalue weighted by Crippen LogP contribution is -2.33. The van der Waals surface area contributed by atoms with Gasteiger partial charge in [-0.15, -0.1) is 0 Å². The summed E-state index contributed by atoms with van der Waals surface area (Å²) < 4.78 is 0. The van der Waals surface area contributed by atoms with E-state index in [4.69, 9.17) is 29.5 Å². The van der Waals surface area contributed by atoms with E-state index in [1.54, 1.807) is 18.2 Å². The van der Waals surface area contributed by atoms with Crippen molar-refractivity contribution in [2.24, 2.45) is 0 Å². The third-order valence-corrected chi connectivity index (χ3v) is 7.60. The topological polar surface area (TPSA) is 79.8 Å². The number of hydrogen-bond acceptors (Lipinski definition) is 4. The van der Waals surface area contributed by atoms with E-state index in [9.17, 15) is 5.11 Å². The van der Waals surface area contributed by atoms with E-state index < -0.39 is 0 Å². The molecule has 3 aromatic rings. The number of phenols is 2. The fourth-order valence-electron chi connectivity index (χ4n) is 4.51. The zero-order valence-corrected chi connectivity index (χ0v) is 26.6. The second-order valence-electron chi connectivity index (χ2n) is 12.2. The van der Waals surface area contributed by atoms with Crippen LogP contribution in [0.1, 0.15) is 69.8 Å². The van der Waals surface area contributed by atoms with Crippen LogP contribution in [0.25, 0.3) is 0 Å². The normalized spacial score (nSPS) is 15.4. The highest BCUT2D eigenvalue weighted by Gasteiger charge is 2.30. The smallest absolute Gasteiger partial charge is 0.169 e. The van der Waals surface area contributed by atoms with Crippen LogP contribution < -0.4 is 16.0 Å². The van der Waals surface area contributed by atoms with Gasteiger partial charge in [0.25, 0.3) is 0 Å². The van der Waals surface area contributed by atoms with E-state index in [1.807, 2.05) is 36.4 Å². The Bertz CT molecular complexity index is 1290. The van der Waals surface area contributed by atoms with Crippen molar-refractivity contribution < 1.29 is 10.2 Å². The summed E-state index contributed by atoms with van der Waals surface area (Å²) in [4.78, 5) is 2.16. The highest BCUT2D eigenvalue weighted by Crippen LogP contribution is 2.37. The van der Waals surface area contributed by atoms with Crippen molar-refractivity contribution in [3.05, 3.63) is 95.1 Å². The monoisotopic (exact) mass is 592 g/mol. The van der Waals surface area contributed by atoms with Gasteiger partial charge in [-0.3, -0.25) is 0 Å². The summed E-state index contributed by atoms with van der Waals surface area (Å²) in [7, 11) is 0. The molecule has 0 spiro atoms. The Balaban J connectivity index is 0.000000222. The molecule has 5 rings (SSSR count). The lowest BCUT2D eigenvalue weighted by atomic mass is 9.84. The molecule has 1 atom stereocenters. The van der Waals surface area contributed by atoms with Crippen LogP contribution in [-0.4, -0.2) is 51.5 Å². The minimum absolute atomic E-state index is 0.0213. The molecule has 6 nitrogen and oxygen atoms in total. The van der Waals surface area contributed by atoms with Crippen molar-refractivity contribution >= 4 is 34.7 Å². The molecule has 0 aliphatic carbocycles. The van der Waals surface area contributed by atoms with Crippen LogP contribution in [0.15, 0.2) is 72.8 Å². The first-order chi connectivity index (χ1) is 19.3. The molecule has 0 radical (unpaired) electrons. The average molecular weight is 593 g/mol. The standard InChI is InChI=1S/C20H24N2OS.C10H14O.C3H6N2S/c1-20(2,3)15-9-10-17(23)16(13-15)18(14-7-5-4-6-8-14)22-12-11-21-19(22)24;1-10(2,3)8-4-6-9(11)7-5-8;6-3-4-1-2-5-3/h4-10,13,18,23H,11-12H2,1-3H3,(H,21,24);4-7,11H,1-3H3;1-2H2,(H2,4,5,6). The number of rotatable bonds is 3. The quantitative estimate of drug-likeness (QED) is 0.233. The average Bonchev–Trinajstić information content (AvgIpc) is 3.57. The van der Waals surface area contributed by atoms with Crippen LogP contribution in [0.5, 0.6) is 11.5 Å². The van der Waals surface area contributed by atoms with Crippen LogP contribution in [0.3, 0.4) is 0 Å². The molecule has 8 heteroatoms. The summed E-state index contributed by atoms with van der Waals surface area (Å²) in [5.41, 5.74) is 4.68. The number of hydrogen-bond donors (Lipinski definition) is 5. The molecule has 0 amide bonds. The summed E-state index contributed by atoms with van der Waals surface area (Å²) >= 11 is 10.2. The van der Waals surface area contributed by atoms with E-state index in [1.165, 1.54) is 11.1 Å². The van der Waals surface area contributed by atoms with Crippen LogP contribution in [-0.2, 0) is 10.8 Å². The summed E-state index contributed by atoms with van der Waals surface area (Å²) in [6.45, 7) is 16.6. The molecule has 41 heavy (non-hydrogen) atoms. The van der Waals surface area contributed by atoms with Crippen molar-refractivity contribution in [1.82, 2.24) is 20.9 Å². The van der Waals surface area contributed by atoms with Gasteiger partial charge in [0.2, 0.25) is 0 Å². The Labute approximate surface area is 256 Å². The van der Waals surface area contributed by atoms with Gasteiger partial charge in [-0.1, -0.05) is 90.1 Å². The maximum atomic E-state index is 10.6. The molecular formula is C33H44N4O2S2. The Hall–Kier alpha value is -3.36. The highest BCUT2D eigenvalue weighted by molar-refractivity contribution is 7.80. The number of benzene rings is 3. The van der Waals surface area contributed by atoms with Gasteiger partial charge in [0.15, 0.2) is 10.2 Å².